The molecule has 0 aliphatic carbocycles. The van der Waals surface area contributed by atoms with E-state index < -0.39 is 5.97 Å². The zero-order valence-corrected chi connectivity index (χ0v) is 18.6. The summed E-state index contributed by atoms with van der Waals surface area (Å²) in [7, 11) is 1.35. The van der Waals surface area contributed by atoms with Crippen LogP contribution in [0, 0.1) is 0 Å². The zero-order valence-electron chi connectivity index (χ0n) is 16.3. The summed E-state index contributed by atoms with van der Waals surface area (Å²) in [5.41, 5.74) is 1.85. The van der Waals surface area contributed by atoms with Crippen molar-refractivity contribution in [1.82, 2.24) is 19.9 Å². The second-order valence-electron chi connectivity index (χ2n) is 6.18. The molecule has 0 atom stereocenters. The number of nitrogens with one attached hydrogen (secondary N) is 1. The van der Waals surface area contributed by atoms with Crippen LogP contribution in [0.25, 0.3) is 11.0 Å². The van der Waals surface area contributed by atoms with Gasteiger partial charge in [-0.1, -0.05) is 32.4 Å². The van der Waals surface area contributed by atoms with Crippen molar-refractivity contribution in [3.8, 4) is 5.88 Å². The average Bonchev–Trinajstić information content (AvgIpc) is 3.22. The SMILES string of the molecule is CCOc1nc(Sc2nc(C(=O)OC)c(C(C)C)s2)nc2[nH]c(CC)c(Cl)c12. The Morgan fingerprint density at radius 1 is 1.29 bits per heavy atom. The molecule has 0 aliphatic rings. The summed E-state index contributed by atoms with van der Waals surface area (Å²) in [4.78, 5) is 29.7. The second kappa shape index (κ2) is 8.67. The highest BCUT2D eigenvalue weighted by Gasteiger charge is 2.23. The molecule has 0 saturated heterocycles. The molecule has 0 aromatic carbocycles. The van der Waals surface area contributed by atoms with Gasteiger partial charge in [0.2, 0.25) is 5.88 Å². The summed E-state index contributed by atoms with van der Waals surface area (Å²) in [5.74, 6) is 0.143. The van der Waals surface area contributed by atoms with Gasteiger partial charge in [-0.2, -0.15) is 4.98 Å². The molecule has 28 heavy (non-hydrogen) atoms. The highest BCUT2D eigenvalue weighted by Crippen LogP contribution is 2.38. The van der Waals surface area contributed by atoms with Gasteiger partial charge in [-0.25, -0.2) is 14.8 Å². The number of esters is 1. The number of carbonyl (C=O) groups is 1. The van der Waals surface area contributed by atoms with Crippen molar-refractivity contribution >= 4 is 51.7 Å². The Morgan fingerprint density at radius 2 is 2.04 bits per heavy atom. The van der Waals surface area contributed by atoms with E-state index >= 15 is 0 Å². The third kappa shape index (κ3) is 3.97. The summed E-state index contributed by atoms with van der Waals surface area (Å²) >= 11 is 9.18. The minimum absolute atomic E-state index is 0.151. The second-order valence-corrected chi connectivity index (χ2v) is 8.80. The summed E-state index contributed by atoms with van der Waals surface area (Å²) in [6, 6.07) is 0. The first kappa shape index (κ1) is 20.9. The normalized spacial score (nSPS) is 11.4. The Hall–Kier alpha value is -1.84. The van der Waals surface area contributed by atoms with E-state index in [2.05, 4.69) is 19.9 Å². The number of carbonyl (C=O) groups excluding carboxylic acids is 1. The van der Waals surface area contributed by atoms with Gasteiger partial charge in [0.15, 0.2) is 15.2 Å². The molecule has 150 valence electrons. The third-order valence-corrected chi connectivity index (χ3v) is 6.66. The molecule has 10 heteroatoms. The Kier molecular flexibility index (Phi) is 6.47. The van der Waals surface area contributed by atoms with Crippen LogP contribution >= 0.6 is 34.7 Å². The summed E-state index contributed by atoms with van der Waals surface area (Å²) < 4.78 is 11.2. The number of thiazole rings is 1. The highest BCUT2D eigenvalue weighted by molar-refractivity contribution is 8.00. The highest BCUT2D eigenvalue weighted by atomic mass is 35.5. The topological polar surface area (TPSA) is 90.0 Å². The maximum absolute atomic E-state index is 12.0. The number of ether oxygens (including phenoxy) is 2. The van der Waals surface area contributed by atoms with E-state index in [4.69, 9.17) is 21.1 Å². The van der Waals surface area contributed by atoms with Crippen molar-refractivity contribution in [2.45, 2.75) is 49.5 Å². The van der Waals surface area contributed by atoms with Crippen LogP contribution < -0.4 is 4.74 Å². The Balaban J connectivity index is 2.04. The van der Waals surface area contributed by atoms with Crippen LogP contribution in [0.4, 0.5) is 0 Å². The lowest BCUT2D eigenvalue weighted by Crippen LogP contribution is -2.05. The Labute approximate surface area is 176 Å². The smallest absolute Gasteiger partial charge is 0.357 e. The van der Waals surface area contributed by atoms with E-state index in [1.807, 2.05) is 27.7 Å². The number of fused-ring (bicyclic) bond motifs is 1. The van der Waals surface area contributed by atoms with Gasteiger partial charge in [0.05, 0.1) is 24.1 Å². The molecule has 0 saturated carbocycles. The molecular weight excluding hydrogens is 420 g/mol. The number of methoxy groups -OCH3 is 1. The minimum atomic E-state index is -0.443. The number of nitrogens with zero attached hydrogens (tertiary/aromatic N) is 3. The van der Waals surface area contributed by atoms with Gasteiger partial charge in [0.1, 0.15) is 5.65 Å². The Morgan fingerprint density at radius 3 is 2.64 bits per heavy atom. The number of hydrogen-bond acceptors (Lipinski definition) is 8. The summed E-state index contributed by atoms with van der Waals surface area (Å²) in [6.07, 6.45) is 0.746. The van der Waals surface area contributed by atoms with E-state index in [1.54, 1.807) is 0 Å². The van der Waals surface area contributed by atoms with Crippen LogP contribution in [0.15, 0.2) is 9.50 Å². The monoisotopic (exact) mass is 440 g/mol. The average molecular weight is 441 g/mol. The number of halogens is 1. The van der Waals surface area contributed by atoms with Crippen LogP contribution in [0.2, 0.25) is 5.02 Å². The van der Waals surface area contributed by atoms with Crippen LogP contribution in [0.3, 0.4) is 0 Å². The van der Waals surface area contributed by atoms with Crippen molar-refractivity contribution in [1.29, 1.82) is 0 Å². The number of aromatic nitrogens is 4. The largest absolute Gasteiger partial charge is 0.477 e. The quantitative estimate of drug-likeness (QED) is 0.404. The molecule has 0 spiro atoms. The van der Waals surface area contributed by atoms with Crippen LogP contribution in [0.5, 0.6) is 5.88 Å². The third-order valence-electron chi connectivity index (χ3n) is 3.96. The van der Waals surface area contributed by atoms with E-state index in [1.165, 1.54) is 30.2 Å². The van der Waals surface area contributed by atoms with E-state index in [0.29, 0.717) is 43.7 Å². The molecule has 3 aromatic rings. The molecule has 7 nitrogen and oxygen atoms in total. The lowest BCUT2D eigenvalue weighted by atomic mass is 10.1. The number of aryl methyl sites for hydroxylation is 1. The summed E-state index contributed by atoms with van der Waals surface area (Å²) in [6.45, 7) is 8.38. The van der Waals surface area contributed by atoms with Crippen molar-refractivity contribution in [3.63, 3.8) is 0 Å². The fourth-order valence-corrected chi connectivity index (χ4v) is 5.01. The van der Waals surface area contributed by atoms with E-state index in [9.17, 15) is 4.79 Å². The van der Waals surface area contributed by atoms with Crippen molar-refractivity contribution in [2.24, 2.45) is 0 Å². The zero-order chi connectivity index (χ0) is 20.4. The molecule has 1 N–H and O–H groups in total. The lowest BCUT2D eigenvalue weighted by molar-refractivity contribution is 0.0592. The molecule has 0 fully saturated rings. The number of H-pyrrole nitrogens is 1. The predicted molar refractivity (Wildman–Crippen MR) is 111 cm³/mol. The maximum Gasteiger partial charge on any atom is 0.357 e. The minimum Gasteiger partial charge on any atom is -0.477 e. The van der Waals surface area contributed by atoms with E-state index in [-0.39, 0.29) is 5.92 Å². The van der Waals surface area contributed by atoms with E-state index in [0.717, 1.165) is 17.0 Å². The van der Waals surface area contributed by atoms with Crippen LogP contribution in [0.1, 0.15) is 54.7 Å². The van der Waals surface area contributed by atoms with Crippen molar-refractivity contribution < 1.29 is 14.3 Å². The van der Waals surface area contributed by atoms with Gasteiger partial charge in [0, 0.05) is 10.6 Å². The van der Waals surface area contributed by atoms with Gasteiger partial charge < -0.3 is 14.5 Å². The van der Waals surface area contributed by atoms with Gasteiger partial charge in [-0.3, -0.25) is 0 Å². The number of rotatable bonds is 7. The molecule has 3 rings (SSSR count). The maximum atomic E-state index is 12.0. The molecule has 0 radical (unpaired) electrons. The van der Waals surface area contributed by atoms with Crippen molar-refractivity contribution in [3.05, 3.63) is 21.3 Å². The number of hydrogen-bond donors (Lipinski definition) is 1. The first-order valence-corrected chi connectivity index (χ1v) is 10.9. The molecule has 0 unspecified atom stereocenters. The van der Waals surface area contributed by atoms with Gasteiger partial charge in [-0.05, 0) is 31.0 Å². The molecule has 0 amide bonds. The molecule has 0 aliphatic heterocycles. The molecule has 0 bridgehead atoms. The first-order valence-electron chi connectivity index (χ1n) is 8.87. The van der Waals surface area contributed by atoms with Gasteiger partial charge in [0.25, 0.3) is 0 Å². The van der Waals surface area contributed by atoms with Gasteiger partial charge >= 0.3 is 5.97 Å². The van der Waals surface area contributed by atoms with Crippen LogP contribution in [-0.4, -0.2) is 39.6 Å². The fourth-order valence-electron chi connectivity index (χ4n) is 2.66. The summed E-state index contributed by atoms with van der Waals surface area (Å²) in [5, 5.41) is 1.74. The standard InChI is InChI=1S/C18H21ClN4O3S2/c1-6-9-11(19)10-14(20-9)22-17(23-15(10)26-7-2)28-18-21-12(16(24)25-5)13(27-18)8(3)4/h8H,6-7H2,1-5H3,(H,20,22,23). The predicted octanol–water partition coefficient (Wildman–Crippen LogP) is 5.09. The number of aromatic amines is 1. The van der Waals surface area contributed by atoms with Crippen molar-refractivity contribution in [2.75, 3.05) is 13.7 Å². The molecule has 3 aromatic heterocycles. The molecule has 3 heterocycles. The van der Waals surface area contributed by atoms with Crippen LogP contribution in [-0.2, 0) is 11.2 Å². The molecular formula is C18H21ClN4O3S2. The Bertz CT molecular complexity index is 1020. The first-order chi connectivity index (χ1) is 13.4. The lowest BCUT2D eigenvalue weighted by Gasteiger charge is -2.05. The van der Waals surface area contributed by atoms with Gasteiger partial charge in [-0.15, -0.1) is 11.3 Å². The fraction of sp³-hybridized carbons (Fsp3) is 0.444.